The zero-order valence-electron chi connectivity index (χ0n) is 9.35. The number of benzene rings is 1. The molecule has 3 rings (SSSR count). The molecule has 0 saturated heterocycles. The smallest absolute Gasteiger partial charge is 0.0959 e. The molecule has 1 spiro atoms. The van der Waals surface area contributed by atoms with Crippen LogP contribution in [0.4, 0.5) is 0 Å². The molecule has 2 nitrogen and oxygen atoms in total. The summed E-state index contributed by atoms with van der Waals surface area (Å²) in [6.45, 7) is 0.684. The Morgan fingerprint density at radius 3 is 2.69 bits per heavy atom. The number of hydroxylamine groups is 2. The zero-order chi connectivity index (χ0) is 11.0. The van der Waals surface area contributed by atoms with E-state index in [4.69, 9.17) is 0 Å². The number of hydrogen-bond acceptors (Lipinski definition) is 3. The van der Waals surface area contributed by atoms with Crippen LogP contribution < -0.4 is 0 Å². The van der Waals surface area contributed by atoms with E-state index >= 15 is 0 Å². The zero-order valence-corrected chi connectivity index (χ0v) is 10.2. The Hall–Kier alpha value is -0.510. The Kier molecular flexibility index (Phi) is 2.70. The fourth-order valence-electron chi connectivity index (χ4n) is 2.76. The van der Waals surface area contributed by atoms with E-state index in [9.17, 15) is 5.21 Å². The summed E-state index contributed by atoms with van der Waals surface area (Å²) in [5, 5.41) is 11.8. The molecule has 1 aliphatic heterocycles. The van der Waals surface area contributed by atoms with Gasteiger partial charge < -0.3 is 5.21 Å². The Morgan fingerprint density at radius 2 is 1.88 bits per heavy atom. The summed E-state index contributed by atoms with van der Waals surface area (Å²) in [5.74, 6) is 0. The summed E-state index contributed by atoms with van der Waals surface area (Å²) >= 11 is 1.86. The second-order valence-electron chi connectivity index (χ2n) is 4.77. The van der Waals surface area contributed by atoms with E-state index in [0.29, 0.717) is 6.54 Å². The molecule has 0 unspecified atom stereocenters. The van der Waals surface area contributed by atoms with Gasteiger partial charge in [0.05, 0.1) is 11.4 Å². The summed E-state index contributed by atoms with van der Waals surface area (Å²) in [6.07, 6.45) is 6.03. The van der Waals surface area contributed by atoms with Gasteiger partial charge in [0.25, 0.3) is 0 Å². The van der Waals surface area contributed by atoms with Gasteiger partial charge >= 0.3 is 0 Å². The quantitative estimate of drug-likeness (QED) is 0.742. The van der Waals surface area contributed by atoms with Crippen LogP contribution >= 0.6 is 11.8 Å². The van der Waals surface area contributed by atoms with Gasteiger partial charge in [-0.2, -0.15) is 5.06 Å². The van der Waals surface area contributed by atoms with Gasteiger partial charge in [-0.1, -0.05) is 37.5 Å². The molecule has 1 N–H and O–H groups in total. The molecule has 1 aromatic rings. The first-order chi connectivity index (χ1) is 7.80. The molecule has 0 atom stereocenters. The molecule has 86 valence electrons. The second-order valence-corrected chi connectivity index (χ2v) is 6.18. The summed E-state index contributed by atoms with van der Waals surface area (Å²) in [6, 6.07) is 8.44. The van der Waals surface area contributed by atoms with Crippen molar-refractivity contribution in [3.05, 3.63) is 29.8 Å². The third-order valence-electron chi connectivity index (χ3n) is 3.70. The van der Waals surface area contributed by atoms with Crippen molar-refractivity contribution >= 4 is 11.8 Å². The normalized spacial score (nSPS) is 24.3. The summed E-state index contributed by atoms with van der Waals surface area (Å²) in [5.41, 5.74) is 1.26. The molecule has 1 aromatic carbocycles. The number of nitrogens with zero attached hydrogens (tertiary/aromatic N) is 1. The van der Waals surface area contributed by atoms with Crippen LogP contribution in [0.25, 0.3) is 0 Å². The molecule has 0 radical (unpaired) electrons. The van der Waals surface area contributed by atoms with Crippen molar-refractivity contribution in [2.24, 2.45) is 0 Å². The summed E-state index contributed by atoms with van der Waals surface area (Å²) in [7, 11) is 0. The fraction of sp³-hybridized carbons (Fsp3) is 0.538. The molecule has 1 saturated carbocycles. The van der Waals surface area contributed by atoms with E-state index in [2.05, 4.69) is 18.2 Å². The Labute approximate surface area is 101 Å². The van der Waals surface area contributed by atoms with E-state index in [1.54, 1.807) is 5.06 Å². The van der Waals surface area contributed by atoms with Crippen LogP contribution in [0.3, 0.4) is 0 Å². The van der Waals surface area contributed by atoms with Crippen molar-refractivity contribution in [3.63, 3.8) is 0 Å². The van der Waals surface area contributed by atoms with Gasteiger partial charge in [-0.05, 0) is 24.5 Å². The van der Waals surface area contributed by atoms with E-state index in [1.165, 1.54) is 29.7 Å². The van der Waals surface area contributed by atoms with E-state index in [1.807, 2.05) is 17.8 Å². The minimum absolute atomic E-state index is 0.0351. The standard InChI is InChI=1S/C13H17NOS/c15-14-10-11-6-2-3-7-12(11)16-13(14)8-4-1-5-9-13/h2-3,6-7,15H,1,4-5,8-10H2. The van der Waals surface area contributed by atoms with Crippen molar-refractivity contribution in [1.82, 2.24) is 5.06 Å². The fourth-order valence-corrected chi connectivity index (χ4v) is 4.24. The molecule has 3 heteroatoms. The van der Waals surface area contributed by atoms with E-state index < -0.39 is 0 Å². The van der Waals surface area contributed by atoms with Crippen LogP contribution in [0.1, 0.15) is 37.7 Å². The lowest BCUT2D eigenvalue weighted by atomic mass is 9.94. The van der Waals surface area contributed by atoms with Crippen molar-refractivity contribution in [3.8, 4) is 0 Å². The third-order valence-corrected chi connectivity index (χ3v) is 5.32. The van der Waals surface area contributed by atoms with E-state index in [-0.39, 0.29) is 4.87 Å². The molecule has 1 fully saturated rings. The molecule has 0 aromatic heterocycles. The minimum Gasteiger partial charge on any atom is -0.312 e. The van der Waals surface area contributed by atoms with Gasteiger partial charge in [-0.15, -0.1) is 11.8 Å². The average molecular weight is 235 g/mol. The van der Waals surface area contributed by atoms with Gasteiger partial charge in [0.1, 0.15) is 0 Å². The molecular formula is C13H17NOS. The highest BCUT2D eigenvalue weighted by atomic mass is 32.2. The SMILES string of the molecule is ON1Cc2ccccc2SC12CCCCC2. The largest absolute Gasteiger partial charge is 0.312 e. The highest BCUT2D eigenvalue weighted by Crippen LogP contribution is 2.49. The molecule has 1 heterocycles. The maximum Gasteiger partial charge on any atom is 0.0959 e. The van der Waals surface area contributed by atoms with Crippen LogP contribution in [0, 0.1) is 0 Å². The lowest BCUT2D eigenvalue weighted by molar-refractivity contribution is -0.160. The van der Waals surface area contributed by atoms with Gasteiger partial charge in [0, 0.05) is 4.90 Å². The molecule has 0 amide bonds. The highest BCUT2D eigenvalue weighted by Gasteiger charge is 2.42. The minimum atomic E-state index is -0.0351. The maximum atomic E-state index is 10.2. The van der Waals surface area contributed by atoms with Crippen LogP contribution in [0.15, 0.2) is 29.2 Å². The highest BCUT2D eigenvalue weighted by molar-refractivity contribution is 8.00. The van der Waals surface area contributed by atoms with E-state index in [0.717, 1.165) is 12.8 Å². The van der Waals surface area contributed by atoms with Crippen LogP contribution in [-0.4, -0.2) is 15.1 Å². The predicted molar refractivity (Wildman–Crippen MR) is 65.4 cm³/mol. The third kappa shape index (κ3) is 1.67. The van der Waals surface area contributed by atoms with Crippen LogP contribution in [0.2, 0.25) is 0 Å². The molecule has 1 aliphatic carbocycles. The number of thioether (sulfide) groups is 1. The summed E-state index contributed by atoms with van der Waals surface area (Å²) in [4.78, 5) is 1.32. The van der Waals surface area contributed by atoms with Crippen molar-refractivity contribution in [2.45, 2.75) is 48.4 Å². The maximum absolute atomic E-state index is 10.2. The van der Waals surface area contributed by atoms with Crippen molar-refractivity contribution in [2.75, 3.05) is 0 Å². The summed E-state index contributed by atoms with van der Waals surface area (Å²) < 4.78 is 0. The monoisotopic (exact) mass is 235 g/mol. The number of hydrogen-bond donors (Lipinski definition) is 1. The molecule has 2 aliphatic rings. The molecular weight excluding hydrogens is 218 g/mol. The van der Waals surface area contributed by atoms with Gasteiger partial charge in [0.2, 0.25) is 0 Å². The second kappa shape index (κ2) is 4.06. The van der Waals surface area contributed by atoms with Crippen LogP contribution in [0.5, 0.6) is 0 Å². The predicted octanol–water partition coefficient (Wildman–Crippen LogP) is 3.64. The number of fused-ring (bicyclic) bond motifs is 1. The first-order valence-electron chi connectivity index (χ1n) is 6.04. The lowest BCUT2D eigenvalue weighted by Crippen LogP contribution is -2.47. The van der Waals surface area contributed by atoms with Crippen molar-refractivity contribution in [1.29, 1.82) is 0 Å². The first kappa shape index (κ1) is 10.6. The molecule has 0 bridgehead atoms. The Balaban J connectivity index is 1.93. The average Bonchev–Trinajstić information content (AvgIpc) is 2.32. The van der Waals surface area contributed by atoms with Crippen LogP contribution in [-0.2, 0) is 6.54 Å². The lowest BCUT2D eigenvalue weighted by Gasteiger charge is -2.45. The Morgan fingerprint density at radius 1 is 1.12 bits per heavy atom. The Bertz CT molecular complexity index is 387. The number of rotatable bonds is 0. The van der Waals surface area contributed by atoms with Gasteiger partial charge in [-0.3, -0.25) is 0 Å². The molecule has 16 heavy (non-hydrogen) atoms. The first-order valence-corrected chi connectivity index (χ1v) is 6.85. The topological polar surface area (TPSA) is 23.5 Å². The van der Waals surface area contributed by atoms with Gasteiger partial charge in [0.15, 0.2) is 0 Å². The van der Waals surface area contributed by atoms with Crippen molar-refractivity contribution < 1.29 is 5.21 Å². The van der Waals surface area contributed by atoms with Gasteiger partial charge in [-0.25, -0.2) is 0 Å².